The summed E-state index contributed by atoms with van der Waals surface area (Å²) < 4.78 is 11.8. The summed E-state index contributed by atoms with van der Waals surface area (Å²) in [4.78, 5) is 20.9. The molecule has 0 spiro atoms. The van der Waals surface area contributed by atoms with Crippen molar-refractivity contribution in [2.24, 2.45) is 11.8 Å². The van der Waals surface area contributed by atoms with Gasteiger partial charge in [-0.2, -0.15) is 0 Å². The Morgan fingerprint density at radius 2 is 1.75 bits per heavy atom. The lowest BCUT2D eigenvalue weighted by molar-refractivity contribution is -0.140. The molecule has 7 heteroatoms. The van der Waals surface area contributed by atoms with Crippen molar-refractivity contribution in [2.45, 2.75) is 19.4 Å². The Kier molecular flexibility index (Phi) is 6.39. The number of aromatic nitrogens is 1. The van der Waals surface area contributed by atoms with Crippen LogP contribution in [0, 0.1) is 11.8 Å². The third-order valence-corrected chi connectivity index (χ3v) is 7.44. The van der Waals surface area contributed by atoms with E-state index in [0.29, 0.717) is 11.6 Å². The molecule has 3 aromatic rings. The third-order valence-electron chi connectivity index (χ3n) is 6.53. The number of fused-ring (bicyclic) bond motifs is 2. The molecule has 0 radical (unpaired) electrons. The number of carbonyl (C=O) groups excluding carboxylic acids is 1. The molecule has 3 heterocycles. The second-order valence-electron chi connectivity index (χ2n) is 8.85. The lowest BCUT2D eigenvalue weighted by Crippen LogP contribution is -2.29. The number of hydrogen-bond acceptors (Lipinski definition) is 7. The molecule has 2 fully saturated rings. The van der Waals surface area contributed by atoms with E-state index in [1.165, 1.54) is 12.7 Å². The highest BCUT2D eigenvalue weighted by atomic mass is 32.1. The van der Waals surface area contributed by atoms with Crippen LogP contribution in [0.15, 0.2) is 48.5 Å². The van der Waals surface area contributed by atoms with E-state index >= 15 is 0 Å². The normalized spacial score (nSPS) is 21.2. The first-order valence-electron chi connectivity index (χ1n) is 11.3. The summed E-state index contributed by atoms with van der Waals surface area (Å²) in [5.74, 6) is 2.21. The van der Waals surface area contributed by atoms with Crippen LogP contribution in [0.1, 0.15) is 18.4 Å². The number of para-hydroxylation sites is 1. The van der Waals surface area contributed by atoms with E-state index in [1.54, 1.807) is 11.3 Å². The fourth-order valence-corrected chi connectivity index (χ4v) is 5.80. The van der Waals surface area contributed by atoms with Gasteiger partial charge < -0.3 is 14.4 Å². The quantitative estimate of drug-likeness (QED) is 0.473. The highest BCUT2D eigenvalue weighted by molar-refractivity contribution is 7.20. The van der Waals surface area contributed by atoms with Crippen molar-refractivity contribution in [3.05, 3.63) is 54.1 Å². The molecular formula is C25H29N3O3S. The van der Waals surface area contributed by atoms with Gasteiger partial charge in [-0.3, -0.25) is 9.69 Å². The molecule has 2 saturated heterocycles. The molecule has 2 atom stereocenters. The SMILES string of the molecule is COC(=O)CCCN1CC2CN(Cc3ccc(Oc4nc5ccccc5s4)cc3)C[C@@H]2C1. The second kappa shape index (κ2) is 9.57. The van der Waals surface area contributed by atoms with Gasteiger partial charge in [0.1, 0.15) is 5.75 Å². The zero-order valence-electron chi connectivity index (χ0n) is 18.4. The van der Waals surface area contributed by atoms with E-state index in [4.69, 9.17) is 9.47 Å². The fourth-order valence-electron chi connectivity index (χ4n) is 4.96. The average molecular weight is 452 g/mol. The number of hydrogen-bond donors (Lipinski definition) is 0. The van der Waals surface area contributed by atoms with Crippen LogP contribution in [-0.2, 0) is 16.1 Å². The van der Waals surface area contributed by atoms with E-state index in [1.807, 2.05) is 30.3 Å². The van der Waals surface area contributed by atoms with Gasteiger partial charge in [0.15, 0.2) is 0 Å². The standard InChI is InChI=1S/C25H29N3O3S/c1-30-24(29)7-4-12-27-14-19-16-28(17-20(19)15-27)13-18-8-10-21(11-9-18)31-25-26-22-5-2-3-6-23(22)32-25/h2-3,5-6,8-11,19-20H,4,7,12-17H2,1H3/t19-,20?/m0/s1. The lowest BCUT2D eigenvalue weighted by atomic mass is 10.0. The van der Waals surface area contributed by atoms with Crippen molar-refractivity contribution < 1.29 is 14.3 Å². The van der Waals surface area contributed by atoms with Gasteiger partial charge in [0, 0.05) is 39.1 Å². The predicted molar refractivity (Wildman–Crippen MR) is 126 cm³/mol. The Balaban J connectivity index is 1.09. The van der Waals surface area contributed by atoms with Gasteiger partial charge in [-0.15, -0.1) is 0 Å². The summed E-state index contributed by atoms with van der Waals surface area (Å²) in [6.45, 7) is 6.59. The maximum Gasteiger partial charge on any atom is 0.305 e. The Morgan fingerprint density at radius 3 is 2.47 bits per heavy atom. The number of methoxy groups -OCH3 is 1. The Hall–Kier alpha value is -2.48. The predicted octanol–water partition coefficient (Wildman–Crippen LogP) is 4.41. The summed E-state index contributed by atoms with van der Waals surface area (Å²) >= 11 is 1.57. The van der Waals surface area contributed by atoms with Gasteiger partial charge in [-0.1, -0.05) is 35.6 Å². The van der Waals surface area contributed by atoms with Crippen LogP contribution in [0.4, 0.5) is 0 Å². The van der Waals surface area contributed by atoms with E-state index in [9.17, 15) is 4.79 Å². The minimum atomic E-state index is -0.105. The van der Waals surface area contributed by atoms with Gasteiger partial charge >= 0.3 is 5.97 Å². The Bertz CT molecular complexity index is 1020. The third kappa shape index (κ3) is 4.95. The van der Waals surface area contributed by atoms with Crippen molar-refractivity contribution in [1.82, 2.24) is 14.8 Å². The molecule has 2 aromatic carbocycles. The Morgan fingerprint density at radius 1 is 1.03 bits per heavy atom. The molecule has 2 aliphatic heterocycles. The van der Waals surface area contributed by atoms with Crippen molar-refractivity contribution in [1.29, 1.82) is 0 Å². The molecule has 1 aromatic heterocycles. The molecular weight excluding hydrogens is 422 g/mol. The van der Waals surface area contributed by atoms with Crippen molar-refractivity contribution in [3.8, 4) is 10.9 Å². The van der Waals surface area contributed by atoms with Gasteiger partial charge in [-0.05, 0) is 54.6 Å². The van der Waals surface area contributed by atoms with Crippen LogP contribution in [0.2, 0.25) is 0 Å². The summed E-state index contributed by atoms with van der Waals surface area (Å²) in [5, 5.41) is 0.683. The number of thiazole rings is 1. The molecule has 2 aliphatic rings. The number of benzene rings is 2. The van der Waals surface area contributed by atoms with Gasteiger partial charge in [-0.25, -0.2) is 4.98 Å². The van der Waals surface area contributed by atoms with Crippen LogP contribution < -0.4 is 4.74 Å². The van der Waals surface area contributed by atoms with Gasteiger partial charge in [0.05, 0.1) is 17.3 Å². The highest BCUT2D eigenvalue weighted by Crippen LogP contribution is 2.33. The molecule has 168 valence electrons. The first-order chi connectivity index (χ1) is 15.7. The maximum atomic E-state index is 11.3. The highest BCUT2D eigenvalue weighted by Gasteiger charge is 2.39. The molecule has 6 nitrogen and oxygen atoms in total. The minimum Gasteiger partial charge on any atom is -0.469 e. The van der Waals surface area contributed by atoms with Gasteiger partial charge in [0.25, 0.3) is 5.19 Å². The summed E-state index contributed by atoms with van der Waals surface area (Å²) in [5.41, 5.74) is 2.29. The number of esters is 1. The number of carbonyl (C=O) groups is 1. The molecule has 1 unspecified atom stereocenters. The lowest BCUT2D eigenvalue weighted by Gasteiger charge is -2.21. The molecule has 32 heavy (non-hydrogen) atoms. The first kappa shape index (κ1) is 21.4. The van der Waals surface area contributed by atoms with E-state index < -0.39 is 0 Å². The van der Waals surface area contributed by atoms with Crippen LogP contribution in [0.3, 0.4) is 0 Å². The molecule has 0 N–H and O–H groups in total. The molecule has 0 bridgehead atoms. The van der Waals surface area contributed by atoms with Crippen LogP contribution >= 0.6 is 11.3 Å². The van der Waals surface area contributed by atoms with E-state index in [-0.39, 0.29) is 5.97 Å². The van der Waals surface area contributed by atoms with Crippen LogP contribution in [0.5, 0.6) is 10.9 Å². The zero-order chi connectivity index (χ0) is 21.9. The fraction of sp³-hybridized carbons (Fsp3) is 0.440. The number of ether oxygens (including phenoxy) is 2. The molecule has 5 rings (SSSR count). The van der Waals surface area contributed by atoms with Crippen LogP contribution in [-0.4, -0.2) is 60.6 Å². The molecule has 0 amide bonds. The monoisotopic (exact) mass is 451 g/mol. The number of rotatable bonds is 8. The Labute approximate surface area is 192 Å². The largest absolute Gasteiger partial charge is 0.469 e. The summed E-state index contributed by atoms with van der Waals surface area (Å²) in [6.07, 6.45) is 1.41. The average Bonchev–Trinajstić information content (AvgIpc) is 3.47. The van der Waals surface area contributed by atoms with Gasteiger partial charge in [0.2, 0.25) is 0 Å². The molecule has 0 saturated carbocycles. The summed E-state index contributed by atoms with van der Waals surface area (Å²) in [6, 6.07) is 16.5. The van der Waals surface area contributed by atoms with Crippen molar-refractivity contribution in [3.63, 3.8) is 0 Å². The zero-order valence-corrected chi connectivity index (χ0v) is 19.2. The van der Waals surface area contributed by atoms with Crippen molar-refractivity contribution >= 4 is 27.5 Å². The molecule has 0 aliphatic carbocycles. The number of nitrogens with zero attached hydrogens (tertiary/aromatic N) is 3. The minimum absolute atomic E-state index is 0.105. The summed E-state index contributed by atoms with van der Waals surface area (Å²) in [7, 11) is 1.46. The smallest absolute Gasteiger partial charge is 0.305 e. The number of likely N-dealkylation sites (tertiary alicyclic amines) is 2. The topological polar surface area (TPSA) is 54.9 Å². The van der Waals surface area contributed by atoms with E-state index in [2.05, 4.69) is 33.0 Å². The van der Waals surface area contributed by atoms with Crippen molar-refractivity contribution in [2.75, 3.05) is 39.8 Å². The van der Waals surface area contributed by atoms with Crippen LogP contribution in [0.25, 0.3) is 10.2 Å². The first-order valence-corrected chi connectivity index (χ1v) is 12.1. The van der Waals surface area contributed by atoms with E-state index in [0.717, 1.165) is 73.5 Å². The maximum absolute atomic E-state index is 11.3. The second-order valence-corrected chi connectivity index (χ2v) is 9.84.